The highest BCUT2D eigenvalue weighted by Gasteiger charge is 2.31. The molecule has 3 aromatic carbocycles. The summed E-state index contributed by atoms with van der Waals surface area (Å²) in [6.45, 7) is -0.252. The fraction of sp³-hybridized carbons (Fsp3) is 0.148. The number of para-hydroxylation sites is 1. The zero-order valence-corrected chi connectivity index (χ0v) is 21.0. The Morgan fingerprint density at radius 3 is 2.31 bits per heavy atom. The van der Waals surface area contributed by atoms with Gasteiger partial charge < -0.3 is 18.9 Å². The Labute approximate surface area is 221 Å². The van der Waals surface area contributed by atoms with Crippen molar-refractivity contribution >= 4 is 17.6 Å². The maximum absolute atomic E-state index is 13.8. The average Bonchev–Trinajstić information content (AvgIpc) is 3.36. The minimum atomic E-state index is -0.823. The fourth-order valence-electron chi connectivity index (χ4n) is 3.91. The van der Waals surface area contributed by atoms with Crippen LogP contribution in [-0.2, 0) is 16.1 Å². The standard InChI is InChI=1S/C27H22FN3O8/c1-36-21-12-9-16(13-17(21)15-39-22-14-18(28)10-11-20(22)31(34)35)24-23(26(32)37-2)25(27(33)38-3)30(29-24)19-7-5-4-6-8-19/h4-14H,15H2,1-3H3. The number of nitro benzene ring substituents is 1. The third-order valence-electron chi connectivity index (χ3n) is 5.71. The van der Waals surface area contributed by atoms with Crippen LogP contribution in [0.4, 0.5) is 10.1 Å². The molecular weight excluding hydrogens is 513 g/mol. The van der Waals surface area contributed by atoms with Crippen molar-refractivity contribution in [3.8, 4) is 28.4 Å². The molecule has 0 fully saturated rings. The van der Waals surface area contributed by atoms with Crippen LogP contribution in [0.5, 0.6) is 11.5 Å². The van der Waals surface area contributed by atoms with Crippen LogP contribution in [0.2, 0.25) is 0 Å². The number of methoxy groups -OCH3 is 3. The minimum Gasteiger partial charge on any atom is -0.496 e. The fourth-order valence-corrected chi connectivity index (χ4v) is 3.91. The normalized spacial score (nSPS) is 10.6. The van der Waals surface area contributed by atoms with Crippen molar-refractivity contribution in [3.05, 3.63) is 99.5 Å². The average molecular weight is 535 g/mol. The Kier molecular flexibility index (Phi) is 7.85. The molecule has 4 aromatic rings. The SMILES string of the molecule is COC(=O)c1c(-c2ccc(OC)c(COc3cc(F)ccc3[N+](=O)[O-])c2)nn(-c2ccccc2)c1C(=O)OC. The van der Waals surface area contributed by atoms with Gasteiger partial charge in [-0.1, -0.05) is 18.2 Å². The van der Waals surface area contributed by atoms with Gasteiger partial charge in [-0.25, -0.2) is 18.7 Å². The van der Waals surface area contributed by atoms with Crippen LogP contribution in [0.15, 0.2) is 66.7 Å². The molecule has 1 aromatic heterocycles. The molecule has 0 bridgehead atoms. The van der Waals surface area contributed by atoms with Crippen LogP contribution in [0.25, 0.3) is 16.9 Å². The van der Waals surface area contributed by atoms with E-state index < -0.39 is 28.4 Å². The largest absolute Gasteiger partial charge is 0.496 e. The van der Waals surface area contributed by atoms with Gasteiger partial charge in [0.25, 0.3) is 0 Å². The summed E-state index contributed by atoms with van der Waals surface area (Å²) in [4.78, 5) is 36.4. The molecular formula is C27H22FN3O8. The Morgan fingerprint density at radius 1 is 0.949 bits per heavy atom. The Morgan fingerprint density at radius 2 is 1.67 bits per heavy atom. The van der Waals surface area contributed by atoms with E-state index in [0.29, 0.717) is 22.6 Å². The number of nitrogens with zero attached hydrogens (tertiary/aromatic N) is 3. The molecule has 1 heterocycles. The van der Waals surface area contributed by atoms with Gasteiger partial charge >= 0.3 is 17.6 Å². The predicted molar refractivity (Wildman–Crippen MR) is 136 cm³/mol. The lowest BCUT2D eigenvalue weighted by atomic mass is 10.0. The van der Waals surface area contributed by atoms with Crippen molar-refractivity contribution in [2.24, 2.45) is 0 Å². The number of nitro groups is 1. The molecule has 0 aliphatic carbocycles. The molecule has 4 rings (SSSR count). The Bertz CT molecular complexity index is 1550. The second-order valence-electron chi connectivity index (χ2n) is 7.99. The van der Waals surface area contributed by atoms with E-state index in [1.165, 1.54) is 26.0 Å². The Hall–Kier alpha value is -5.26. The Balaban J connectivity index is 1.85. The highest BCUT2D eigenvalue weighted by Crippen LogP contribution is 2.34. The minimum absolute atomic E-state index is 0.103. The van der Waals surface area contributed by atoms with E-state index in [0.717, 1.165) is 18.2 Å². The molecule has 0 aliphatic heterocycles. The lowest BCUT2D eigenvalue weighted by molar-refractivity contribution is -0.386. The number of hydrogen-bond donors (Lipinski definition) is 0. The molecule has 0 radical (unpaired) electrons. The van der Waals surface area contributed by atoms with Gasteiger partial charge in [-0.05, 0) is 36.4 Å². The van der Waals surface area contributed by atoms with Gasteiger partial charge in [0, 0.05) is 23.3 Å². The highest BCUT2D eigenvalue weighted by atomic mass is 19.1. The van der Waals surface area contributed by atoms with Crippen molar-refractivity contribution in [1.29, 1.82) is 0 Å². The van der Waals surface area contributed by atoms with E-state index >= 15 is 0 Å². The van der Waals surface area contributed by atoms with Gasteiger partial charge in [-0.2, -0.15) is 5.10 Å². The lowest BCUT2D eigenvalue weighted by Gasteiger charge is -2.12. The van der Waals surface area contributed by atoms with Crippen molar-refractivity contribution in [2.45, 2.75) is 6.61 Å². The smallest absolute Gasteiger partial charge is 0.357 e. The predicted octanol–water partition coefficient (Wildman–Crippen LogP) is 4.75. The van der Waals surface area contributed by atoms with Crippen LogP contribution in [0.1, 0.15) is 26.4 Å². The maximum Gasteiger partial charge on any atom is 0.357 e. The van der Waals surface area contributed by atoms with Crippen LogP contribution in [-0.4, -0.2) is 48.0 Å². The van der Waals surface area contributed by atoms with Crippen LogP contribution >= 0.6 is 0 Å². The molecule has 0 N–H and O–H groups in total. The molecule has 0 aliphatic rings. The summed E-state index contributed by atoms with van der Waals surface area (Å²) in [5, 5.41) is 15.9. The summed E-state index contributed by atoms with van der Waals surface area (Å²) in [5.41, 5.74) is 0.683. The maximum atomic E-state index is 13.8. The first-order valence-corrected chi connectivity index (χ1v) is 11.4. The molecule has 0 spiro atoms. The van der Waals surface area contributed by atoms with Gasteiger partial charge in [0.15, 0.2) is 11.4 Å². The van der Waals surface area contributed by atoms with E-state index in [1.54, 1.807) is 48.5 Å². The molecule has 200 valence electrons. The third-order valence-corrected chi connectivity index (χ3v) is 5.71. The first-order chi connectivity index (χ1) is 18.8. The molecule has 12 heteroatoms. The zero-order valence-electron chi connectivity index (χ0n) is 21.0. The van der Waals surface area contributed by atoms with Gasteiger partial charge in [0.05, 0.1) is 31.9 Å². The molecule has 0 amide bonds. The summed E-state index contributed by atoms with van der Waals surface area (Å²) in [6, 6.07) is 16.3. The first kappa shape index (κ1) is 26.8. The van der Waals surface area contributed by atoms with Gasteiger partial charge in [0.2, 0.25) is 0 Å². The molecule has 39 heavy (non-hydrogen) atoms. The number of halogens is 1. The highest BCUT2D eigenvalue weighted by molar-refractivity contribution is 6.06. The molecule has 0 atom stereocenters. The summed E-state index contributed by atoms with van der Waals surface area (Å²) in [5.74, 6) is -2.26. The van der Waals surface area contributed by atoms with E-state index in [2.05, 4.69) is 5.10 Å². The number of rotatable bonds is 9. The van der Waals surface area contributed by atoms with Crippen molar-refractivity contribution < 1.29 is 37.9 Å². The van der Waals surface area contributed by atoms with Gasteiger partial charge in [-0.15, -0.1) is 0 Å². The lowest BCUT2D eigenvalue weighted by Crippen LogP contribution is -2.15. The molecule has 0 unspecified atom stereocenters. The summed E-state index contributed by atoms with van der Waals surface area (Å²) in [6.07, 6.45) is 0. The van der Waals surface area contributed by atoms with Crippen molar-refractivity contribution in [3.63, 3.8) is 0 Å². The third kappa shape index (κ3) is 5.39. The van der Waals surface area contributed by atoms with Crippen molar-refractivity contribution in [1.82, 2.24) is 9.78 Å². The number of carbonyl (C=O) groups excluding carboxylic acids is 2. The number of benzene rings is 3. The van der Waals surface area contributed by atoms with Crippen LogP contribution in [0.3, 0.4) is 0 Å². The molecule has 11 nitrogen and oxygen atoms in total. The van der Waals surface area contributed by atoms with E-state index in [1.807, 2.05) is 0 Å². The van der Waals surface area contributed by atoms with Crippen molar-refractivity contribution in [2.75, 3.05) is 21.3 Å². The molecule has 0 saturated heterocycles. The summed E-state index contributed by atoms with van der Waals surface area (Å²) in [7, 11) is 3.77. The van der Waals surface area contributed by atoms with E-state index in [9.17, 15) is 24.1 Å². The summed E-state index contributed by atoms with van der Waals surface area (Å²) >= 11 is 0. The van der Waals surface area contributed by atoms with Crippen LogP contribution < -0.4 is 9.47 Å². The number of aromatic nitrogens is 2. The number of carbonyl (C=O) groups is 2. The number of hydrogen-bond acceptors (Lipinski definition) is 9. The topological polar surface area (TPSA) is 132 Å². The molecule has 0 saturated carbocycles. The second kappa shape index (κ2) is 11.4. The van der Waals surface area contributed by atoms with E-state index in [4.69, 9.17) is 18.9 Å². The summed E-state index contributed by atoms with van der Waals surface area (Å²) < 4.78 is 36.0. The second-order valence-corrected chi connectivity index (χ2v) is 7.99. The van der Waals surface area contributed by atoms with Gasteiger partial charge in [0.1, 0.15) is 29.4 Å². The number of ether oxygens (including phenoxy) is 4. The van der Waals surface area contributed by atoms with Gasteiger partial charge in [-0.3, -0.25) is 10.1 Å². The number of esters is 2. The first-order valence-electron chi connectivity index (χ1n) is 11.4. The monoisotopic (exact) mass is 535 g/mol. The quantitative estimate of drug-likeness (QED) is 0.169. The zero-order chi connectivity index (χ0) is 28.1. The van der Waals surface area contributed by atoms with E-state index in [-0.39, 0.29) is 29.3 Å². The van der Waals surface area contributed by atoms with Crippen LogP contribution in [0, 0.1) is 15.9 Å².